The van der Waals surface area contributed by atoms with Crippen molar-refractivity contribution in [3.05, 3.63) is 59.2 Å². The Morgan fingerprint density at radius 1 is 1.17 bits per heavy atom. The second-order valence-electron chi connectivity index (χ2n) is 4.82. The highest BCUT2D eigenvalue weighted by Gasteiger charge is 2.20. The Balaban J connectivity index is 2.35. The van der Waals surface area contributed by atoms with Crippen LogP contribution in [0.25, 0.3) is 17.2 Å². The van der Waals surface area contributed by atoms with E-state index in [1.807, 2.05) is 19.1 Å². The van der Waals surface area contributed by atoms with Gasteiger partial charge < -0.3 is 5.11 Å². The summed E-state index contributed by atoms with van der Waals surface area (Å²) in [6.07, 6.45) is 3.95. The van der Waals surface area contributed by atoms with Gasteiger partial charge in [0.15, 0.2) is 0 Å². The number of fused-ring (bicyclic) bond motifs is 3. The summed E-state index contributed by atoms with van der Waals surface area (Å²) in [5.74, 6) is 0.397. The van der Waals surface area contributed by atoms with Gasteiger partial charge in [-0.1, -0.05) is 36.9 Å². The molecule has 1 heteroatoms. The van der Waals surface area contributed by atoms with Crippen molar-refractivity contribution in [1.29, 1.82) is 0 Å². The molecule has 0 fully saturated rings. The Hall–Kier alpha value is -2.02. The van der Waals surface area contributed by atoms with E-state index in [4.69, 9.17) is 0 Å². The molecule has 1 aliphatic rings. The molecule has 2 aromatic carbocycles. The summed E-state index contributed by atoms with van der Waals surface area (Å²) in [7, 11) is 0. The van der Waals surface area contributed by atoms with Crippen LogP contribution >= 0.6 is 0 Å². The van der Waals surface area contributed by atoms with Crippen LogP contribution in [0.5, 0.6) is 5.75 Å². The first kappa shape index (κ1) is 11.1. The van der Waals surface area contributed by atoms with Gasteiger partial charge in [-0.25, -0.2) is 0 Å². The average Bonchev–Trinajstić information content (AvgIpc) is 2.41. The largest absolute Gasteiger partial charge is 0.508 e. The summed E-state index contributed by atoms with van der Waals surface area (Å²) in [5, 5.41) is 9.83. The van der Waals surface area contributed by atoms with E-state index in [2.05, 4.69) is 24.8 Å². The number of hydrogen-bond donors (Lipinski definition) is 1. The van der Waals surface area contributed by atoms with Crippen LogP contribution in [-0.2, 0) is 12.8 Å². The minimum Gasteiger partial charge on any atom is -0.508 e. The SMILES string of the molecule is C=Cc1cccc2c1-c1ccc(O)c(C)c1CC2. The van der Waals surface area contributed by atoms with Crippen molar-refractivity contribution in [3.63, 3.8) is 0 Å². The fraction of sp³-hybridized carbons (Fsp3) is 0.176. The molecule has 0 spiro atoms. The van der Waals surface area contributed by atoms with Gasteiger partial charge in [-0.3, -0.25) is 0 Å². The predicted octanol–water partition coefficient (Wildman–Crippen LogP) is 4.11. The van der Waals surface area contributed by atoms with Crippen LogP contribution in [0, 0.1) is 6.92 Å². The van der Waals surface area contributed by atoms with E-state index < -0.39 is 0 Å². The number of aryl methyl sites for hydroxylation is 1. The zero-order chi connectivity index (χ0) is 12.7. The highest BCUT2D eigenvalue weighted by molar-refractivity contribution is 5.82. The first-order valence-corrected chi connectivity index (χ1v) is 6.28. The molecule has 3 rings (SSSR count). The van der Waals surface area contributed by atoms with E-state index in [9.17, 15) is 5.11 Å². The summed E-state index contributed by atoms with van der Waals surface area (Å²) < 4.78 is 0. The molecule has 0 heterocycles. The zero-order valence-electron chi connectivity index (χ0n) is 10.5. The molecule has 0 aliphatic heterocycles. The summed E-state index contributed by atoms with van der Waals surface area (Å²) >= 11 is 0. The second kappa shape index (κ2) is 4.02. The van der Waals surface area contributed by atoms with Gasteiger partial charge in [-0.05, 0) is 59.2 Å². The van der Waals surface area contributed by atoms with Gasteiger partial charge in [-0.15, -0.1) is 0 Å². The van der Waals surface area contributed by atoms with Crippen molar-refractivity contribution in [1.82, 2.24) is 0 Å². The van der Waals surface area contributed by atoms with Crippen molar-refractivity contribution >= 4 is 6.08 Å². The molecule has 0 aromatic heterocycles. The van der Waals surface area contributed by atoms with Crippen LogP contribution in [0.4, 0.5) is 0 Å². The van der Waals surface area contributed by atoms with Gasteiger partial charge >= 0.3 is 0 Å². The topological polar surface area (TPSA) is 20.2 Å². The van der Waals surface area contributed by atoms with E-state index in [0.29, 0.717) is 5.75 Å². The monoisotopic (exact) mass is 236 g/mol. The van der Waals surface area contributed by atoms with Crippen LogP contribution in [0.3, 0.4) is 0 Å². The average molecular weight is 236 g/mol. The highest BCUT2D eigenvalue weighted by Crippen LogP contribution is 2.39. The van der Waals surface area contributed by atoms with Crippen molar-refractivity contribution in [3.8, 4) is 16.9 Å². The quantitative estimate of drug-likeness (QED) is 0.790. The van der Waals surface area contributed by atoms with Crippen molar-refractivity contribution in [2.45, 2.75) is 19.8 Å². The molecule has 1 N–H and O–H groups in total. The summed E-state index contributed by atoms with van der Waals surface area (Å²) in [6.45, 7) is 5.90. The summed E-state index contributed by atoms with van der Waals surface area (Å²) in [6, 6.07) is 10.2. The number of phenolic OH excluding ortho intramolecular Hbond substituents is 1. The highest BCUT2D eigenvalue weighted by atomic mass is 16.3. The Labute approximate surface area is 107 Å². The van der Waals surface area contributed by atoms with Crippen LogP contribution in [0.15, 0.2) is 36.9 Å². The van der Waals surface area contributed by atoms with Gasteiger partial charge in [-0.2, -0.15) is 0 Å². The fourth-order valence-electron chi connectivity index (χ4n) is 2.89. The van der Waals surface area contributed by atoms with Gasteiger partial charge in [0.05, 0.1) is 0 Å². The molecular formula is C17H16O. The van der Waals surface area contributed by atoms with Crippen LogP contribution in [0.2, 0.25) is 0 Å². The standard InChI is InChI=1S/C17H16O/c1-3-12-5-4-6-13-7-8-14-11(2)16(18)10-9-15(14)17(12)13/h3-6,9-10,18H,1,7-8H2,2H3. The number of phenols is 1. The van der Waals surface area contributed by atoms with E-state index >= 15 is 0 Å². The van der Waals surface area contributed by atoms with E-state index in [1.165, 1.54) is 27.8 Å². The molecule has 0 saturated heterocycles. The molecule has 1 nitrogen and oxygen atoms in total. The normalized spacial score (nSPS) is 12.7. The minimum atomic E-state index is 0.397. The molecule has 1 aliphatic carbocycles. The molecule has 0 radical (unpaired) electrons. The molecule has 0 saturated carbocycles. The van der Waals surface area contributed by atoms with Gasteiger partial charge in [0, 0.05) is 0 Å². The van der Waals surface area contributed by atoms with Crippen LogP contribution in [0.1, 0.15) is 22.3 Å². The predicted molar refractivity (Wildman–Crippen MR) is 75.8 cm³/mol. The number of aromatic hydroxyl groups is 1. The molecular weight excluding hydrogens is 220 g/mol. The molecule has 90 valence electrons. The lowest BCUT2D eigenvalue weighted by Gasteiger charge is -2.23. The summed E-state index contributed by atoms with van der Waals surface area (Å²) in [5.41, 5.74) is 7.39. The Morgan fingerprint density at radius 3 is 2.78 bits per heavy atom. The molecule has 2 aromatic rings. The van der Waals surface area contributed by atoms with Crippen LogP contribution in [-0.4, -0.2) is 5.11 Å². The van der Waals surface area contributed by atoms with Gasteiger partial charge in [0.1, 0.15) is 5.75 Å². The lowest BCUT2D eigenvalue weighted by Crippen LogP contribution is -2.07. The first-order chi connectivity index (χ1) is 8.72. The number of hydrogen-bond acceptors (Lipinski definition) is 1. The zero-order valence-corrected chi connectivity index (χ0v) is 10.5. The van der Waals surface area contributed by atoms with Crippen molar-refractivity contribution in [2.75, 3.05) is 0 Å². The maximum absolute atomic E-state index is 9.83. The Bertz CT molecular complexity index is 638. The Kier molecular flexibility index (Phi) is 2.48. The molecule has 18 heavy (non-hydrogen) atoms. The lowest BCUT2D eigenvalue weighted by molar-refractivity contribution is 0.470. The van der Waals surface area contributed by atoms with Crippen molar-refractivity contribution < 1.29 is 5.11 Å². The fourth-order valence-corrected chi connectivity index (χ4v) is 2.89. The van der Waals surface area contributed by atoms with E-state index in [1.54, 1.807) is 6.07 Å². The molecule has 0 atom stereocenters. The minimum absolute atomic E-state index is 0.397. The lowest BCUT2D eigenvalue weighted by atomic mass is 9.81. The third-order valence-electron chi connectivity index (χ3n) is 3.89. The number of rotatable bonds is 1. The molecule has 0 bridgehead atoms. The van der Waals surface area contributed by atoms with Crippen molar-refractivity contribution in [2.24, 2.45) is 0 Å². The van der Waals surface area contributed by atoms with Crippen LogP contribution < -0.4 is 0 Å². The first-order valence-electron chi connectivity index (χ1n) is 6.28. The second-order valence-corrected chi connectivity index (χ2v) is 4.82. The van der Waals surface area contributed by atoms with Gasteiger partial charge in [0.25, 0.3) is 0 Å². The maximum Gasteiger partial charge on any atom is 0.118 e. The smallest absolute Gasteiger partial charge is 0.118 e. The number of benzene rings is 2. The molecule has 0 unspecified atom stereocenters. The molecule has 0 amide bonds. The third-order valence-corrected chi connectivity index (χ3v) is 3.89. The third kappa shape index (κ3) is 1.47. The Morgan fingerprint density at radius 2 is 2.00 bits per heavy atom. The maximum atomic E-state index is 9.83. The summed E-state index contributed by atoms with van der Waals surface area (Å²) in [4.78, 5) is 0. The van der Waals surface area contributed by atoms with Gasteiger partial charge in [0.2, 0.25) is 0 Å². The van der Waals surface area contributed by atoms with E-state index in [0.717, 1.165) is 18.4 Å². The van der Waals surface area contributed by atoms with E-state index in [-0.39, 0.29) is 0 Å².